The summed E-state index contributed by atoms with van der Waals surface area (Å²) in [5, 5.41) is 3.38. The summed E-state index contributed by atoms with van der Waals surface area (Å²) in [6, 6.07) is 10.1. The van der Waals surface area contributed by atoms with Gasteiger partial charge in [0.1, 0.15) is 11.5 Å². The Morgan fingerprint density at radius 1 is 1.20 bits per heavy atom. The van der Waals surface area contributed by atoms with E-state index in [-0.39, 0.29) is 0 Å². The molecule has 1 heterocycles. The lowest BCUT2D eigenvalue weighted by Gasteiger charge is -2.12. The van der Waals surface area contributed by atoms with Gasteiger partial charge in [0.2, 0.25) is 0 Å². The minimum absolute atomic E-state index is 0.782. The smallest absolute Gasteiger partial charge is 0.134 e. The van der Waals surface area contributed by atoms with Crippen molar-refractivity contribution < 1.29 is 4.74 Å². The Bertz CT molecular complexity index is 540. The quantitative estimate of drug-likeness (QED) is 0.774. The van der Waals surface area contributed by atoms with Crippen LogP contribution in [-0.2, 0) is 13.0 Å². The van der Waals surface area contributed by atoms with Crippen LogP contribution >= 0.6 is 0 Å². The van der Waals surface area contributed by atoms with E-state index in [2.05, 4.69) is 36.3 Å². The molecule has 0 saturated carbocycles. The SMILES string of the molecule is CCCNCc1cnccc1Oc1cccc(CC)c1. The van der Waals surface area contributed by atoms with Crippen LogP contribution in [-0.4, -0.2) is 11.5 Å². The van der Waals surface area contributed by atoms with E-state index in [9.17, 15) is 0 Å². The molecule has 0 unspecified atom stereocenters. The van der Waals surface area contributed by atoms with Gasteiger partial charge in [-0.3, -0.25) is 4.98 Å². The van der Waals surface area contributed by atoms with E-state index in [0.717, 1.165) is 43.0 Å². The Labute approximate surface area is 121 Å². The van der Waals surface area contributed by atoms with Crippen molar-refractivity contribution in [1.29, 1.82) is 0 Å². The molecule has 1 aromatic heterocycles. The summed E-state index contributed by atoms with van der Waals surface area (Å²) >= 11 is 0. The highest BCUT2D eigenvalue weighted by Gasteiger charge is 2.05. The Hall–Kier alpha value is -1.87. The zero-order valence-corrected chi connectivity index (χ0v) is 12.2. The van der Waals surface area contributed by atoms with E-state index in [1.165, 1.54) is 5.56 Å². The molecule has 106 valence electrons. The van der Waals surface area contributed by atoms with Crippen molar-refractivity contribution in [3.05, 3.63) is 53.9 Å². The third-order valence-corrected chi connectivity index (χ3v) is 3.14. The summed E-state index contributed by atoms with van der Waals surface area (Å²) < 4.78 is 6.00. The van der Waals surface area contributed by atoms with E-state index in [1.807, 2.05) is 24.4 Å². The molecule has 0 radical (unpaired) electrons. The molecule has 0 atom stereocenters. The van der Waals surface area contributed by atoms with Crippen molar-refractivity contribution in [3.8, 4) is 11.5 Å². The second kappa shape index (κ2) is 7.65. The highest BCUT2D eigenvalue weighted by molar-refractivity contribution is 5.37. The number of aromatic nitrogens is 1. The van der Waals surface area contributed by atoms with Crippen molar-refractivity contribution in [3.63, 3.8) is 0 Å². The topological polar surface area (TPSA) is 34.2 Å². The lowest BCUT2D eigenvalue weighted by Crippen LogP contribution is -2.14. The highest BCUT2D eigenvalue weighted by atomic mass is 16.5. The van der Waals surface area contributed by atoms with Crippen molar-refractivity contribution in [2.75, 3.05) is 6.54 Å². The van der Waals surface area contributed by atoms with Gasteiger partial charge in [-0.1, -0.05) is 26.0 Å². The fraction of sp³-hybridized carbons (Fsp3) is 0.353. The van der Waals surface area contributed by atoms with Crippen LogP contribution in [0.4, 0.5) is 0 Å². The molecule has 2 rings (SSSR count). The van der Waals surface area contributed by atoms with E-state index in [4.69, 9.17) is 4.74 Å². The van der Waals surface area contributed by atoms with Crippen molar-refractivity contribution >= 4 is 0 Å². The minimum atomic E-state index is 0.782. The maximum atomic E-state index is 6.00. The number of hydrogen-bond acceptors (Lipinski definition) is 3. The number of hydrogen-bond donors (Lipinski definition) is 1. The van der Waals surface area contributed by atoms with Crippen LogP contribution < -0.4 is 10.1 Å². The van der Waals surface area contributed by atoms with Crippen LogP contribution in [0.2, 0.25) is 0 Å². The number of nitrogens with one attached hydrogen (secondary N) is 1. The first-order chi connectivity index (χ1) is 9.83. The molecule has 0 aliphatic rings. The summed E-state index contributed by atoms with van der Waals surface area (Å²) in [4.78, 5) is 4.18. The summed E-state index contributed by atoms with van der Waals surface area (Å²) in [6.07, 6.45) is 5.76. The van der Waals surface area contributed by atoms with Gasteiger partial charge >= 0.3 is 0 Å². The van der Waals surface area contributed by atoms with E-state index < -0.39 is 0 Å². The fourth-order valence-electron chi connectivity index (χ4n) is 2.00. The third-order valence-electron chi connectivity index (χ3n) is 3.14. The second-order valence-electron chi connectivity index (χ2n) is 4.76. The first-order valence-electron chi connectivity index (χ1n) is 7.24. The average molecular weight is 270 g/mol. The monoisotopic (exact) mass is 270 g/mol. The number of nitrogens with zero attached hydrogens (tertiary/aromatic N) is 1. The van der Waals surface area contributed by atoms with E-state index in [0.29, 0.717) is 0 Å². The molecule has 0 bridgehead atoms. The van der Waals surface area contributed by atoms with Gasteiger partial charge in [-0.2, -0.15) is 0 Å². The van der Waals surface area contributed by atoms with Gasteiger partial charge in [-0.25, -0.2) is 0 Å². The molecule has 3 nitrogen and oxygen atoms in total. The van der Waals surface area contributed by atoms with Crippen LogP contribution in [0.5, 0.6) is 11.5 Å². The predicted molar refractivity (Wildman–Crippen MR) is 82.1 cm³/mol. The number of pyridine rings is 1. The van der Waals surface area contributed by atoms with Crippen LogP contribution in [0, 0.1) is 0 Å². The largest absolute Gasteiger partial charge is 0.457 e. The molecule has 0 amide bonds. The standard InChI is InChI=1S/C17H22N2O/c1-3-9-18-12-15-13-19-10-8-17(15)20-16-7-5-6-14(4-2)11-16/h5-8,10-11,13,18H,3-4,9,12H2,1-2H3. The van der Waals surface area contributed by atoms with Gasteiger partial charge in [0, 0.05) is 24.5 Å². The first kappa shape index (κ1) is 14.5. The Balaban J connectivity index is 2.11. The zero-order valence-electron chi connectivity index (χ0n) is 12.2. The Morgan fingerprint density at radius 3 is 2.90 bits per heavy atom. The van der Waals surface area contributed by atoms with Gasteiger partial charge in [0.25, 0.3) is 0 Å². The van der Waals surface area contributed by atoms with Gasteiger partial charge in [0.15, 0.2) is 0 Å². The van der Waals surface area contributed by atoms with Crippen LogP contribution in [0.15, 0.2) is 42.7 Å². The summed E-state index contributed by atoms with van der Waals surface area (Å²) in [7, 11) is 0. The van der Waals surface area contributed by atoms with E-state index >= 15 is 0 Å². The summed E-state index contributed by atoms with van der Waals surface area (Å²) in [5.41, 5.74) is 2.37. The minimum Gasteiger partial charge on any atom is -0.457 e. The Kier molecular flexibility index (Phi) is 5.56. The lowest BCUT2D eigenvalue weighted by atomic mass is 10.1. The highest BCUT2D eigenvalue weighted by Crippen LogP contribution is 2.25. The maximum Gasteiger partial charge on any atom is 0.134 e. The molecule has 2 aromatic rings. The summed E-state index contributed by atoms with van der Waals surface area (Å²) in [5.74, 6) is 1.75. The zero-order chi connectivity index (χ0) is 14.2. The molecule has 0 aliphatic heterocycles. The lowest BCUT2D eigenvalue weighted by molar-refractivity contribution is 0.471. The van der Waals surface area contributed by atoms with Crippen LogP contribution in [0.1, 0.15) is 31.4 Å². The molecule has 0 saturated heterocycles. The van der Waals surface area contributed by atoms with Crippen molar-refractivity contribution in [2.24, 2.45) is 0 Å². The molecular formula is C17H22N2O. The number of ether oxygens (including phenoxy) is 1. The second-order valence-corrected chi connectivity index (χ2v) is 4.76. The van der Waals surface area contributed by atoms with Crippen molar-refractivity contribution in [2.45, 2.75) is 33.2 Å². The van der Waals surface area contributed by atoms with Gasteiger partial charge < -0.3 is 10.1 Å². The fourth-order valence-corrected chi connectivity index (χ4v) is 2.00. The molecule has 3 heteroatoms. The molecular weight excluding hydrogens is 248 g/mol. The predicted octanol–water partition coefficient (Wildman–Crippen LogP) is 3.94. The average Bonchev–Trinajstić information content (AvgIpc) is 2.49. The molecule has 1 N–H and O–H groups in total. The number of rotatable bonds is 7. The van der Waals surface area contributed by atoms with Gasteiger partial charge in [0.05, 0.1) is 0 Å². The third kappa shape index (κ3) is 4.07. The molecule has 1 aromatic carbocycles. The van der Waals surface area contributed by atoms with Crippen LogP contribution in [0.25, 0.3) is 0 Å². The van der Waals surface area contributed by atoms with Gasteiger partial charge in [-0.05, 0) is 43.1 Å². The number of aryl methyl sites for hydroxylation is 1. The summed E-state index contributed by atoms with van der Waals surface area (Å²) in [6.45, 7) is 6.08. The maximum absolute atomic E-state index is 6.00. The normalized spacial score (nSPS) is 10.5. The van der Waals surface area contributed by atoms with Gasteiger partial charge in [-0.15, -0.1) is 0 Å². The molecule has 0 fully saturated rings. The molecule has 20 heavy (non-hydrogen) atoms. The van der Waals surface area contributed by atoms with Crippen LogP contribution in [0.3, 0.4) is 0 Å². The molecule has 0 aliphatic carbocycles. The van der Waals surface area contributed by atoms with Crippen molar-refractivity contribution in [1.82, 2.24) is 10.3 Å². The Morgan fingerprint density at radius 2 is 2.10 bits per heavy atom. The van der Waals surface area contributed by atoms with E-state index in [1.54, 1.807) is 6.20 Å². The molecule has 0 spiro atoms. The first-order valence-corrected chi connectivity index (χ1v) is 7.24. The number of benzene rings is 1.